The summed E-state index contributed by atoms with van der Waals surface area (Å²) in [6.07, 6.45) is 0.342. The van der Waals surface area contributed by atoms with Gasteiger partial charge in [0, 0.05) is 35.4 Å². The molecule has 0 fully saturated rings. The van der Waals surface area contributed by atoms with E-state index in [9.17, 15) is 14.3 Å². The van der Waals surface area contributed by atoms with Crippen LogP contribution in [-0.2, 0) is 10.8 Å². The number of nitrogens with one attached hydrogen (secondary N) is 1. The molecule has 210 valence electrons. The Kier molecular flexibility index (Phi) is 9.93. The second-order valence-electron chi connectivity index (χ2n) is 10.7. The van der Waals surface area contributed by atoms with Gasteiger partial charge in [0.1, 0.15) is 12.4 Å². The van der Waals surface area contributed by atoms with Crippen LogP contribution in [0.4, 0.5) is 4.39 Å². The molecule has 3 rings (SSSR count). The van der Waals surface area contributed by atoms with Crippen molar-refractivity contribution in [1.29, 1.82) is 0 Å². The van der Waals surface area contributed by atoms with Crippen LogP contribution in [0, 0.1) is 5.82 Å². The first kappa shape index (κ1) is 30.3. The van der Waals surface area contributed by atoms with E-state index >= 15 is 0 Å². The summed E-state index contributed by atoms with van der Waals surface area (Å²) in [5.74, 6) is -0.0463. The number of hydrogen-bond donors (Lipinski definition) is 3. The van der Waals surface area contributed by atoms with Crippen LogP contribution < -0.4 is 14.8 Å². The predicted octanol–water partition coefficient (Wildman–Crippen LogP) is 5.29. The molecule has 3 aromatic rings. The molecule has 0 spiro atoms. The number of methoxy groups -OCH3 is 1. The number of hydrogen-bond acceptors (Lipinski definition) is 6. The van der Waals surface area contributed by atoms with Gasteiger partial charge in [-0.15, -0.1) is 0 Å². The smallest absolute Gasteiger partial charge is 0.251 e. The highest BCUT2D eigenvalue weighted by atomic mass is 35.5. The lowest BCUT2D eigenvalue weighted by atomic mass is 9.79. The Morgan fingerprint density at radius 1 is 1.03 bits per heavy atom. The van der Waals surface area contributed by atoms with Gasteiger partial charge >= 0.3 is 0 Å². The number of halogens is 2. The Bertz CT molecular complexity index is 1310. The van der Waals surface area contributed by atoms with E-state index < -0.39 is 11.2 Å². The maximum Gasteiger partial charge on any atom is 0.251 e. The minimum atomic E-state index is -0.724. The molecule has 0 aliphatic rings. The molecule has 1 aromatic heterocycles. The molecular weight excluding hydrogens is 523 g/mol. The van der Waals surface area contributed by atoms with Gasteiger partial charge in [0.25, 0.3) is 5.91 Å². The molecule has 0 aliphatic carbocycles. The van der Waals surface area contributed by atoms with E-state index in [4.69, 9.17) is 31.2 Å². The molecule has 1 heterocycles. The Balaban J connectivity index is 1.96. The molecule has 0 bridgehead atoms. The van der Waals surface area contributed by atoms with E-state index in [1.54, 1.807) is 30.3 Å². The minimum absolute atomic E-state index is 0.00519. The summed E-state index contributed by atoms with van der Waals surface area (Å²) >= 11 is 6.06. The molecule has 0 aliphatic heterocycles. The summed E-state index contributed by atoms with van der Waals surface area (Å²) in [4.78, 5) is 18.0. The Morgan fingerprint density at radius 3 is 2.38 bits per heavy atom. The van der Waals surface area contributed by atoms with Gasteiger partial charge in [-0.25, -0.2) is 4.39 Å². The molecule has 7 nitrogen and oxygen atoms in total. The quantitative estimate of drug-likeness (QED) is 0.296. The number of nitrogens with zero attached hydrogens (tertiary/aromatic N) is 1. The van der Waals surface area contributed by atoms with Crippen molar-refractivity contribution in [3.05, 3.63) is 76.2 Å². The number of aliphatic hydroxyl groups excluding tert-OH is 2. The van der Waals surface area contributed by atoms with E-state index in [1.807, 2.05) is 19.1 Å². The molecule has 0 saturated heterocycles. The van der Waals surface area contributed by atoms with Crippen LogP contribution in [0.3, 0.4) is 0 Å². The molecule has 1 amide bonds. The number of aromatic nitrogens is 1. The highest BCUT2D eigenvalue weighted by Crippen LogP contribution is 2.34. The zero-order chi connectivity index (χ0) is 28.8. The topological polar surface area (TPSA) is 101 Å². The first-order valence-corrected chi connectivity index (χ1v) is 13.1. The lowest BCUT2D eigenvalue weighted by molar-refractivity contribution is 0.0939. The average molecular weight is 559 g/mol. The van der Waals surface area contributed by atoms with Gasteiger partial charge < -0.3 is 25.0 Å². The maximum atomic E-state index is 13.8. The van der Waals surface area contributed by atoms with E-state index in [-0.39, 0.29) is 42.7 Å². The second kappa shape index (κ2) is 12.8. The number of rotatable bonds is 11. The Labute approximate surface area is 234 Å². The summed E-state index contributed by atoms with van der Waals surface area (Å²) in [5, 5.41) is 21.9. The molecule has 3 N–H and O–H groups in total. The van der Waals surface area contributed by atoms with Gasteiger partial charge in [-0.3, -0.25) is 9.78 Å². The van der Waals surface area contributed by atoms with Gasteiger partial charge in [-0.05, 0) is 65.9 Å². The van der Waals surface area contributed by atoms with E-state index in [1.165, 1.54) is 13.2 Å². The maximum absolute atomic E-state index is 13.8. The van der Waals surface area contributed by atoms with Gasteiger partial charge in [0.05, 0.1) is 24.4 Å². The van der Waals surface area contributed by atoms with Crippen molar-refractivity contribution in [3.8, 4) is 22.8 Å². The number of amides is 1. The minimum Gasteiger partial charge on any atom is -0.493 e. The number of benzene rings is 2. The number of pyridine rings is 1. The van der Waals surface area contributed by atoms with Gasteiger partial charge in [0.15, 0.2) is 11.5 Å². The summed E-state index contributed by atoms with van der Waals surface area (Å²) < 4.78 is 24.6. The standard InChI is InChI=1S/C30H36ClFN2O5/c1-29(2,3)21-16-24(19-6-8-23(32)22(31)14-19)34-27(17-21)30(4,10-11-35)18-33-28(37)20-7-9-25(39-13-12-36)26(15-20)38-5/h6-9,14-17,35-36H,10-13,18H2,1-5H3,(H,33,37). The lowest BCUT2D eigenvalue weighted by Crippen LogP contribution is -2.40. The molecule has 39 heavy (non-hydrogen) atoms. The second-order valence-corrected chi connectivity index (χ2v) is 11.1. The number of carbonyl (C=O) groups excluding carboxylic acids is 1. The van der Waals surface area contributed by atoms with Crippen LogP contribution in [0.25, 0.3) is 11.3 Å². The third-order valence-corrected chi connectivity index (χ3v) is 6.89. The third-order valence-electron chi connectivity index (χ3n) is 6.60. The van der Waals surface area contributed by atoms with E-state index in [0.29, 0.717) is 40.4 Å². The SMILES string of the molecule is COc1cc(C(=O)NCC(C)(CCO)c2cc(C(C)(C)C)cc(-c3ccc(F)c(Cl)c3)n2)ccc1OCCO. The van der Waals surface area contributed by atoms with Crippen LogP contribution in [0.2, 0.25) is 5.02 Å². The zero-order valence-electron chi connectivity index (χ0n) is 23.0. The molecule has 1 unspecified atom stereocenters. The van der Waals surface area contributed by atoms with E-state index in [0.717, 1.165) is 5.56 Å². The van der Waals surface area contributed by atoms with Crippen molar-refractivity contribution in [3.63, 3.8) is 0 Å². The Hall–Kier alpha value is -3.20. The van der Waals surface area contributed by atoms with Crippen molar-refractivity contribution < 1.29 is 28.9 Å². The summed E-state index contributed by atoms with van der Waals surface area (Å²) in [7, 11) is 1.47. The fourth-order valence-electron chi connectivity index (χ4n) is 4.09. The fourth-order valence-corrected chi connectivity index (χ4v) is 4.27. The zero-order valence-corrected chi connectivity index (χ0v) is 23.7. The first-order valence-electron chi connectivity index (χ1n) is 12.7. The molecule has 0 saturated carbocycles. The Morgan fingerprint density at radius 2 is 1.77 bits per heavy atom. The van der Waals surface area contributed by atoms with Crippen molar-refractivity contribution in [1.82, 2.24) is 10.3 Å². The summed E-state index contributed by atoms with van der Waals surface area (Å²) in [6.45, 7) is 8.23. The molecule has 2 aromatic carbocycles. The van der Waals surface area contributed by atoms with Crippen molar-refractivity contribution in [2.75, 3.05) is 33.5 Å². The van der Waals surface area contributed by atoms with E-state index in [2.05, 4.69) is 26.1 Å². The number of aliphatic hydroxyl groups is 2. The molecule has 1 atom stereocenters. The van der Waals surface area contributed by atoms with Crippen molar-refractivity contribution in [2.45, 2.75) is 44.9 Å². The van der Waals surface area contributed by atoms with Gasteiger partial charge in [-0.2, -0.15) is 0 Å². The lowest BCUT2D eigenvalue weighted by Gasteiger charge is -2.31. The normalized spacial score (nSPS) is 13.1. The number of ether oxygens (including phenoxy) is 2. The third kappa shape index (κ3) is 7.47. The van der Waals surface area contributed by atoms with Crippen LogP contribution in [0.15, 0.2) is 48.5 Å². The van der Waals surface area contributed by atoms with Crippen molar-refractivity contribution >= 4 is 17.5 Å². The van der Waals surface area contributed by atoms with Crippen LogP contribution in [-0.4, -0.2) is 54.6 Å². The van der Waals surface area contributed by atoms with Crippen LogP contribution >= 0.6 is 11.6 Å². The first-order chi connectivity index (χ1) is 18.4. The molecule has 9 heteroatoms. The van der Waals surface area contributed by atoms with Gasteiger partial charge in [-0.1, -0.05) is 39.3 Å². The highest BCUT2D eigenvalue weighted by Gasteiger charge is 2.31. The highest BCUT2D eigenvalue weighted by molar-refractivity contribution is 6.31. The fraction of sp³-hybridized carbons (Fsp3) is 0.400. The summed E-state index contributed by atoms with van der Waals surface area (Å²) in [6, 6.07) is 13.2. The molecule has 0 radical (unpaired) electrons. The van der Waals surface area contributed by atoms with Crippen molar-refractivity contribution in [2.24, 2.45) is 0 Å². The monoisotopic (exact) mass is 558 g/mol. The number of carbonyl (C=O) groups is 1. The van der Waals surface area contributed by atoms with Crippen LogP contribution in [0.5, 0.6) is 11.5 Å². The summed E-state index contributed by atoms with van der Waals surface area (Å²) in [5.41, 5.74) is 2.39. The van der Waals surface area contributed by atoms with Crippen LogP contribution in [0.1, 0.15) is 55.7 Å². The largest absolute Gasteiger partial charge is 0.493 e. The predicted molar refractivity (Wildman–Crippen MR) is 150 cm³/mol. The average Bonchev–Trinajstić information content (AvgIpc) is 2.91. The molecular formula is C30H36ClFN2O5. The van der Waals surface area contributed by atoms with Gasteiger partial charge in [0.2, 0.25) is 0 Å².